The third kappa shape index (κ3) is 4.45. The van der Waals surface area contributed by atoms with Gasteiger partial charge in [0.2, 0.25) is 0 Å². The van der Waals surface area contributed by atoms with Crippen LogP contribution >= 0.6 is 0 Å². The van der Waals surface area contributed by atoms with Gasteiger partial charge < -0.3 is 14.6 Å². The summed E-state index contributed by atoms with van der Waals surface area (Å²) in [4.78, 5) is 2.55. The largest absolute Gasteiger partial charge is 0.493 e. The normalized spacial score (nSPS) is 27.5. The van der Waals surface area contributed by atoms with Crippen molar-refractivity contribution in [1.82, 2.24) is 4.90 Å². The highest BCUT2D eigenvalue weighted by Gasteiger charge is 2.43. The first-order valence-electron chi connectivity index (χ1n) is 11.4. The van der Waals surface area contributed by atoms with Gasteiger partial charge in [-0.2, -0.15) is 5.26 Å². The van der Waals surface area contributed by atoms with Gasteiger partial charge in [-0.25, -0.2) is 0 Å². The van der Waals surface area contributed by atoms with Crippen molar-refractivity contribution in [2.75, 3.05) is 26.8 Å². The van der Waals surface area contributed by atoms with Crippen LogP contribution in [0.25, 0.3) is 0 Å². The molecule has 30 heavy (non-hydrogen) atoms. The Bertz CT molecular complexity index is 819. The van der Waals surface area contributed by atoms with Crippen molar-refractivity contribution in [3.63, 3.8) is 0 Å². The summed E-state index contributed by atoms with van der Waals surface area (Å²) in [6.07, 6.45) is 5.31. The second kappa shape index (κ2) is 8.05. The van der Waals surface area contributed by atoms with E-state index in [9.17, 15) is 10.4 Å². The summed E-state index contributed by atoms with van der Waals surface area (Å²) in [5.74, 6) is 1.87. The Morgan fingerprint density at radius 2 is 2.03 bits per heavy atom. The molecule has 2 heterocycles. The van der Waals surface area contributed by atoms with E-state index in [-0.39, 0.29) is 23.0 Å². The number of aliphatic hydroxyl groups is 1. The van der Waals surface area contributed by atoms with Gasteiger partial charge >= 0.3 is 0 Å². The summed E-state index contributed by atoms with van der Waals surface area (Å²) in [7, 11) is 1.68. The van der Waals surface area contributed by atoms with Crippen molar-refractivity contribution < 1.29 is 14.6 Å². The summed E-state index contributed by atoms with van der Waals surface area (Å²) >= 11 is 0. The number of hydrogen-bond acceptors (Lipinski definition) is 5. The Labute approximate surface area is 181 Å². The number of methoxy groups -OCH3 is 1. The molecule has 0 bridgehead atoms. The maximum atomic E-state index is 10.9. The van der Waals surface area contributed by atoms with E-state index >= 15 is 0 Å². The molecular weight excluding hydrogens is 376 g/mol. The van der Waals surface area contributed by atoms with Crippen LogP contribution in [0.2, 0.25) is 0 Å². The van der Waals surface area contributed by atoms with Crippen molar-refractivity contribution in [3.05, 3.63) is 23.3 Å². The van der Waals surface area contributed by atoms with Crippen LogP contribution in [-0.2, 0) is 6.42 Å². The van der Waals surface area contributed by atoms with Crippen LogP contribution in [0.1, 0.15) is 70.0 Å². The van der Waals surface area contributed by atoms with Gasteiger partial charge in [-0.1, -0.05) is 20.8 Å². The molecule has 2 aliphatic heterocycles. The number of hydrogen-bond donors (Lipinski definition) is 1. The molecule has 0 amide bonds. The predicted molar refractivity (Wildman–Crippen MR) is 117 cm³/mol. The highest BCUT2D eigenvalue weighted by molar-refractivity contribution is 5.49. The molecule has 5 nitrogen and oxygen atoms in total. The quantitative estimate of drug-likeness (QED) is 0.746. The summed E-state index contributed by atoms with van der Waals surface area (Å²) in [6, 6.07) is 6.93. The lowest BCUT2D eigenvalue weighted by Crippen LogP contribution is -2.48. The van der Waals surface area contributed by atoms with Crippen molar-refractivity contribution >= 4 is 0 Å². The van der Waals surface area contributed by atoms with E-state index in [0.717, 1.165) is 63.1 Å². The first kappa shape index (κ1) is 21.5. The smallest absolute Gasteiger partial charge is 0.161 e. The maximum Gasteiger partial charge on any atom is 0.161 e. The van der Waals surface area contributed by atoms with Crippen LogP contribution < -0.4 is 9.47 Å². The van der Waals surface area contributed by atoms with Gasteiger partial charge in [-0.15, -0.1) is 0 Å². The molecule has 3 atom stereocenters. The first-order chi connectivity index (χ1) is 14.2. The molecule has 0 spiro atoms. The van der Waals surface area contributed by atoms with Gasteiger partial charge in [-0.3, -0.25) is 4.90 Å². The number of fused-ring (bicyclic) bond motifs is 3. The van der Waals surface area contributed by atoms with Gasteiger partial charge in [-0.05, 0) is 66.7 Å². The van der Waals surface area contributed by atoms with Crippen molar-refractivity contribution in [2.45, 2.75) is 71.4 Å². The Kier molecular flexibility index (Phi) is 5.76. The number of nitrogens with zero attached hydrogens (tertiary/aromatic N) is 2. The van der Waals surface area contributed by atoms with Gasteiger partial charge in [0.25, 0.3) is 0 Å². The van der Waals surface area contributed by atoms with Gasteiger partial charge in [0, 0.05) is 25.6 Å². The van der Waals surface area contributed by atoms with Crippen LogP contribution in [-0.4, -0.2) is 42.9 Å². The van der Waals surface area contributed by atoms with Crippen LogP contribution in [0, 0.1) is 28.1 Å². The van der Waals surface area contributed by atoms with Gasteiger partial charge in [0.05, 0.1) is 31.3 Å². The minimum absolute atomic E-state index is 0.149. The predicted octanol–water partition coefficient (Wildman–Crippen LogP) is 4.48. The molecule has 1 N–H and O–H groups in total. The third-order valence-corrected chi connectivity index (χ3v) is 7.17. The number of aliphatic hydroxyl groups excluding tert-OH is 1. The van der Waals surface area contributed by atoms with E-state index in [1.54, 1.807) is 7.11 Å². The molecule has 4 rings (SSSR count). The molecule has 5 heteroatoms. The molecule has 3 aliphatic rings. The molecule has 1 saturated heterocycles. The standard InChI is InChI=1S/C25H36N2O3/c1-24(2,3)14-18-15-27-9-5-17-11-23(30-10-8-25(16-26)6-7-25)22(29-4)12-19(17)20(27)13-21(18)28/h11-12,18,20-21,28H,5-10,13-15H2,1-4H3/t18-,20-,21-/m1/s1. The topological polar surface area (TPSA) is 65.7 Å². The molecule has 1 aromatic rings. The zero-order valence-electron chi connectivity index (χ0n) is 18.9. The third-order valence-electron chi connectivity index (χ3n) is 7.17. The highest BCUT2D eigenvalue weighted by atomic mass is 16.5. The highest BCUT2D eigenvalue weighted by Crippen LogP contribution is 2.48. The SMILES string of the molecule is COc1cc2c(cc1OCCC1(C#N)CC1)CCN1C[C@@H](CC(C)(C)C)[C@H](O)C[C@H]21. The van der Waals surface area contributed by atoms with E-state index in [4.69, 9.17) is 9.47 Å². The van der Waals surface area contributed by atoms with E-state index in [2.05, 4.69) is 43.9 Å². The number of piperidine rings is 1. The molecular formula is C25H36N2O3. The Balaban J connectivity index is 1.49. The first-order valence-corrected chi connectivity index (χ1v) is 11.4. The number of ether oxygens (including phenoxy) is 2. The lowest BCUT2D eigenvalue weighted by Gasteiger charge is -2.47. The minimum Gasteiger partial charge on any atom is -0.493 e. The fraction of sp³-hybridized carbons (Fsp3) is 0.720. The van der Waals surface area contributed by atoms with Gasteiger partial charge in [0.1, 0.15) is 0 Å². The maximum absolute atomic E-state index is 10.9. The van der Waals surface area contributed by atoms with Crippen LogP contribution in [0.3, 0.4) is 0 Å². The lowest BCUT2D eigenvalue weighted by molar-refractivity contribution is -0.0259. The van der Waals surface area contributed by atoms with E-state index in [1.807, 2.05) is 0 Å². The second-order valence-electron chi connectivity index (χ2n) is 10.8. The summed E-state index contributed by atoms with van der Waals surface area (Å²) in [5.41, 5.74) is 2.65. The van der Waals surface area contributed by atoms with Crippen molar-refractivity contribution in [3.8, 4) is 17.6 Å². The minimum atomic E-state index is -0.265. The fourth-order valence-electron chi connectivity index (χ4n) is 5.28. The Morgan fingerprint density at radius 1 is 1.27 bits per heavy atom. The molecule has 1 aliphatic carbocycles. The zero-order chi connectivity index (χ0) is 21.5. The molecule has 0 aromatic heterocycles. The molecule has 0 unspecified atom stereocenters. The summed E-state index contributed by atoms with van der Waals surface area (Å²) in [5, 5.41) is 20.2. The zero-order valence-corrected chi connectivity index (χ0v) is 18.9. The Hall–Kier alpha value is -1.77. The van der Waals surface area contributed by atoms with Crippen molar-refractivity contribution in [2.24, 2.45) is 16.7 Å². The summed E-state index contributed by atoms with van der Waals surface area (Å²) in [6.45, 7) is 9.29. The van der Waals surface area contributed by atoms with Crippen LogP contribution in [0.5, 0.6) is 11.5 Å². The second-order valence-corrected chi connectivity index (χ2v) is 10.8. The molecule has 0 radical (unpaired) electrons. The molecule has 1 aromatic carbocycles. The molecule has 2 fully saturated rings. The lowest BCUT2D eigenvalue weighted by atomic mass is 9.75. The molecule has 164 valence electrons. The fourth-order valence-corrected chi connectivity index (χ4v) is 5.28. The van der Waals surface area contributed by atoms with E-state index in [0.29, 0.717) is 12.5 Å². The molecule has 1 saturated carbocycles. The van der Waals surface area contributed by atoms with E-state index in [1.165, 1.54) is 11.1 Å². The number of rotatable bonds is 6. The Morgan fingerprint density at radius 3 is 2.67 bits per heavy atom. The average molecular weight is 413 g/mol. The number of benzene rings is 1. The summed E-state index contributed by atoms with van der Waals surface area (Å²) < 4.78 is 11.7. The van der Waals surface area contributed by atoms with Crippen LogP contribution in [0.4, 0.5) is 0 Å². The van der Waals surface area contributed by atoms with Crippen LogP contribution in [0.15, 0.2) is 12.1 Å². The number of nitriles is 1. The average Bonchev–Trinajstić information content (AvgIpc) is 3.47. The van der Waals surface area contributed by atoms with Gasteiger partial charge in [0.15, 0.2) is 11.5 Å². The monoisotopic (exact) mass is 412 g/mol. The van der Waals surface area contributed by atoms with E-state index < -0.39 is 0 Å². The van der Waals surface area contributed by atoms with Crippen molar-refractivity contribution in [1.29, 1.82) is 5.26 Å².